The molecule has 1 aliphatic rings. The Kier molecular flexibility index (Phi) is 4.55. The molecule has 0 bridgehead atoms. The van der Waals surface area contributed by atoms with E-state index < -0.39 is 22.1 Å². The van der Waals surface area contributed by atoms with Crippen LogP contribution < -0.4 is 4.72 Å². The molecule has 1 saturated heterocycles. The second-order valence-corrected chi connectivity index (χ2v) is 6.85. The molecule has 8 nitrogen and oxygen atoms in total. The van der Waals surface area contributed by atoms with Crippen molar-refractivity contribution in [1.29, 1.82) is 0 Å². The molecule has 1 aromatic heterocycles. The molecule has 2 N–H and O–H groups in total. The van der Waals surface area contributed by atoms with Crippen LogP contribution in [0.5, 0.6) is 0 Å². The number of halogens is 1. The van der Waals surface area contributed by atoms with Crippen molar-refractivity contribution in [2.24, 2.45) is 5.92 Å². The fourth-order valence-electron chi connectivity index (χ4n) is 1.92. The van der Waals surface area contributed by atoms with E-state index in [1.807, 2.05) is 0 Å². The van der Waals surface area contributed by atoms with E-state index in [-0.39, 0.29) is 12.4 Å². The van der Waals surface area contributed by atoms with Crippen molar-refractivity contribution in [3.63, 3.8) is 0 Å². The fourth-order valence-corrected chi connectivity index (χ4v) is 3.37. The van der Waals surface area contributed by atoms with Crippen LogP contribution in [0.25, 0.3) is 0 Å². The van der Waals surface area contributed by atoms with Crippen LogP contribution in [0.3, 0.4) is 0 Å². The van der Waals surface area contributed by atoms with Crippen LogP contribution >= 0.6 is 15.9 Å². The monoisotopic (exact) mass is 364 g/mol. The number of aliphatic carboxylic acids is 1. The van der Waals surface area contributed by atoms with Gasteiger partial charge in [0.15, 0.2) is 5.82 Å². The maximum absolute atomic E-state index is 12.2. The van der Waals surface area contributed by atoms with Gasteiger partial charge in [-0.2, -0.15) is 12.7 Å². The van der Waals surface area contributed by atoms with Crippen LogP contribution in [-0.2, 0) is 15.0 Å². The lowest BCUT2D eigenvalue weighted by Gasteiger charge is -2.29. The summed E-state index contributed by atoms with van der Waals surface area (Å²) in [4.78, 5) is 18.7. The largest absolute Gasteiger partial charge is 0.481 e. The average Bonchev–Trinajstić information content (AvgIpc) is 2.41. The van der Waals surface area contributed by atoms with Crippen LogP contribution in [0.15, 0.2) is 17.0 Å². The average molecular weight is 365 g/mol. The summed E-state index contributed by atoms with van der Waals surface area (Å²) in [6.45, 7) is 0.262. The summed E-state index contributed by atoms with van der Waals surface area (Å²) in [5.41, 5.74) is 0. The summed E-state index contributed by atoms with van der Waals surface area (Å²) < 4.78 is 28.2. The van der Waals surface area contributed by atoms with Crippen LogP contribution in [-0.4, -0.2) is 46.9 Å². The summed E-state index contributed by atoms with van der Waals surface area (Å²) in [7, 11) is -3.81. The van der Waals surface area contributed by atoms with E-state index in [0.717, 1.165) is 4.31 Å². The Labute approximate surface area is 124 Å². The normalized spacial score (nSPS) is 20.6. The first-order valence-electron chi connectivity index (χ1n) is 5.87. The molecule has 20 heavy (non-hydrogen) atoms. The van der Waals surface area contributed by atoms with E-state index in [0.29, 0.717) is 24.0 Å². The van der Waals surface area contributed by atoms with Crippen LogP contribution in [0.1, 0.15) is 12.8 Å². The van der Waals surface area contributed by atoms with E-state index in [2.05, 4.69) is 30.6 Å². The number of nitrogens with one attached hydrogen (secondary N) is 1. The van der Waals surface area contributed by atoms with Gasteiger partial charge in [-0.15, -0.1) is 0 Å². The molecule has 1 atom stereocenters. The van der Waals surface area contributed by atoms with Crippen molar-refractivity contribution < 1.29 is 18.3 Å². The summed E-state index contributed by atoms with van der Waals surface area (Å²) >= 11 is 3.10. The summed E-state index contributed by atoms with van der Waals surface area (Å²) in [5.74, 6) is -1.56. The number of carboxylic acid groups (broad SMARTS) is 1. The molecule has 1 unspecified atom stereocenters. The zero-order valence-corrected chi connectivity index (χ0v) is 12.8. The molecule has 0 amide bonds. The first-order valence-corrected chi connectivity index (χ1v) is 8.10. The third-order valence-electron chi connectivity index (χ3n) is 2.93. The molecule has 1 aliphatic heterocycles. The molecule has 0 radical (unpaired) electrons. The van der Waals surface area contributed by atoms with E-state index in [9.17, 15) is 13.2 Å². The highest BCUT2D eigenvalue weighted by Crippen LogP contribution is 2.20. The second-order valence-electron chi connectivity index (χ2n) is 4.37. The quantitative estimate of drug-likeness (QED) is 0.812. The van der Waals surface area contributed by atoms with Crippen molar-refractivity contribution >= 4 is 37.9 Å². The molecule has 1 fully saturated rings. The molecule has 1 aromatic rings. The molecule has 0 aromatic carbocycles. The molecular weight excluding hydrogens is 352 g/mol. The highest BCUT2D eigenvalue weighted by atomic mass is 79.9. The molecule has 0 aliphatic carbocycles. The third-order valence-corrected chi connectivity index (χ3v) is 4.82. The number of piperidine rings is 1. The molecule has 110 valence electrons. The summed E-state index contributed by atoms with van der Waals surface area (Å²) in [6.07, 6.45) is 3.65. The topological polar surface area (TPSA) is 112 Å². The zero-order valence-electron chi connectivity index (χ0n) is 10.4. The highest BCUT2D eigenvalue weighted by molar-refractivity contribution is 9.10. The van der Waals surface area contributed by atoms with Gasteiger partial charge in [-0.25, -0.2) is 9.97 Å². The van der Waals surface area contributed by atoms with Gasteiger partial charge in [0, 0.05) is 13.1 Å². The predicted molar refractivity (Wildman–Crippen MR) is 74.2 cm³/mol. The molecule has 2 rings (SSSR count). The smallest absolute Gasteiger partial charge is 0.307 e. The van der Waals surface area contributed by atoms with Crippen molar-refractivity contribution in [2.45, 2.75) is 12.8 Å². The lowest BCUT2D eigenvalue weighted by atomic mass is 10.0. The van der Waals surface area contributed by atoms with E-state index in [1.165, 1.54) is 12.4 Å². The number of carbonyl (C=O) groups is 1. The van der Waals surface area contributed by atoms with Crippen molar-refractivity contribution in [1.82, 2.24) is 14.3 Å². The molecule has 0 saturated carbocycles. The van der Waals surface area contributed by atoms with Gasteiger partial charge in [0.25, 0.3) is 0 Å². The van der Waals surface area contributed by atoms with Crippen LogP contribution in [0.4, 0.5) is 5.82 Å². The lowest BCUT2D eigenvalue weighted by molar-refractivity contribution is -0.142. The molecular formula is C10H13BrN4O4S. The Balaban J connectivity index is 2.09. The number of rotatable bonds is 4. The fraction of sp³-hybridized carbons (Fsp3) is 0.500. The number of hydrogen-bond donors (Lipinski definition) is 2. The van der Waals surface area contributed by atoms with Crippen molar-refractivity contribution in [2.75, 3.05) is 17.8 Å². The van der Waals surface area contributed by atoms with Gasteiger partial charge in [0.05, 0.1) is 18.3 Å². The Morgan fingerprint density at radius 1 is 1.45 bits per heavy atom. The second kappa shape index (κ2) is 6.02. The molecule has 2 heterocycles. The van der Waals surface area contributed by atoms with E-state index >= 15 is 0 Å². The summed E-state index contributed by atoms with van der Waals surface area (Å²) in [6, 6.07) is 0. The predicted octanol–water partition coefficient (Wildman–Crippen LogP) is 0.692. The van der Waals surface area contributed by atoms with Gasteiger partial charge in [0.1, 0.15) is 4.60 Å². The van der Waals surface area contributed by atoms with Gasteiger partial charge in [0.2, 0.25) is 0 Å². The number of hydrogen-bond acceptors (Lipinski definition) is 5. The Morgan fingerprint density at radius 3 is 2.80 bits per heavy atom. The molecule has 10 heteroatoms. The van der Waals surface area contributed by atoms with Gasteiger partial charge in [-0.3, -0.25) is 9.52 Å². The SMILES string of the molecule is O=C(O)C1CCCN(S(=O)(=O)Nc2cnc(Br)cn2)C1. The number of aromatic nitrogens is 2. The first kappa shape index (κ1) is 15.1. The van der Waals surface area contributed by atoms with Crippen LogP contribution in [0.2, 0.25) is 0 Å². The van der Waals surface area contributed by atoms with E-state index in [1.54, 1.807) is 0 Å². The van der Waals surface area contributed by atoms with Crippen molar-refractivity contribution in [3.05, 3.63) is 17.0 Å². The van der Waals surface area contributed by atoms with Crippen LogP contribution in [0, 0.1) is 5.92 Å². The zero-order chi connectivity index (χ0) is 14.8. The Hall–Kier alpha value is -1.26. The number of nitrogens with zero attached hydrogens (tertiary/aromatic N) is 3. The van der Waals surface area contributed by atoms with E-state index in [4.69, 9.17) is 5.11 Å². The standard InChI is InChI=1S/C10H13BrN4O4S/c11-8-4-13-9(5-12-8)14-20(18,19)15-3-1-2-7(6-15)10(16)17/h4-5,7H,1-3,6H2,(H,13,14)(H,16,17). The minimum atomic E-state index is -3.81. The molecule has 0 spiro atoms. The number of anilines is 1. The first-order chi connectivity index (χ1) is 9.38. The van der Waals surface area contributed by atoms with Gasteiger partial charge in [-0.1, -0.05) is 0 Å². The van der Waals surface area contributed by atoms with Gasteiger partial charge < -0.3 is 5.11 Å². The maximum atomic E-state index is 12.2. The van der Waals surface area contributed by atoms with Crippen molar-refractivity contribution in [3.8, 4) is 0 Å². The van der Waals surface area contributed by atoms with Gasteiger partial charge >= 0.3 is 16.2 Å². The Bertz CT molecular complexity index is 592. The Morgan fingerprint density at radius 2 is 2.20 bits per heavy atom. The summed E-state index contributed by atoms with van der Waals surface area (Å²) in [5, 5.41) is 8.97. The highest BCUT2D eigenvalue weighted by Gasteiger charge is 2.32. The maximum Gasteiger partial charge on any atom is 0.307 e. The number of carboxylic acids is 1. The minimum Gasteiger partial charge on any atom is -0.481 e. The minimum absolute atomic E-state index is 0.0331. The third kappa shape index (κ3) is 3.64. The van der Waals surface area contributed by atoms with Gasteiger partial charge in [-0.05, 0) is 28.8 Å². The lowest BCUT2D eigenvalue weighted by Crippen LogP contribution is -2.44.